The van der Waals surface area contributed by atoms with Gasteiger partial charge in [-0.15, -0.1) is 0 Å². The van der Waals surface area contributed by atoms with Crippen LogP contribution in [0.3, 0.4) is 0 Å². The molecule has 1 N–H and O–H groups in total. The Balaban J connectivity index is 0.000000130. The average Bonchev–Trinajstić information content (AvgIpc) is 0.746. The first-order chi connectivity index (χ1) is 56.1. The summed E-state index contributed by atoms with van der Waals surface area (Å²) in [5.41, 5.74) is 21.7. The zero-order chi connectivity index (χ0) is 76.9. The second-order valence-corrected chi connectivity index (χ2v) is 28.0. The van der Waals surface area contributed by atoms with Crippen molar-refractivity contribution in [2.24, 2.45) is 0 Å². The quantitative estimate of drug-likeness (QED) is 0.0861. The molecule has 0 atom stereocenters. The Morgan fingerprint density at radius 1 is 0.237 bits per heavy atom. The van der Waals surface area contributed by atoms with Gasteiger partial charge in [0.2, 0.25) is 0 Å². The molecule has 114 heavy (non-hydrogen) atoms. The maximum Gasteiger partial charge on any atom is 0.569 e. The molecule has 539 valence electrons. The molecule has 0 saturated carbocycles. The van der Waals surface area contributed by atoms with Crippen molar-refractivity contribution >= 4 is 84.4 Å². The Kier molecular flexibility index (Phi) is 19.8. The topological polar surface area (TPSA) is 158 Å². The molecule has 0 unspecified atom stereocenters. The third kappa shape index (κ3) is 14.9. The van der Waals surface area contributed by atoms with Gasteiger partial charge in [0.1, 0.15) is 5.75 Å². The van der Waals surface area contributed by atoms with Crippen molar-refractivity contribution in [3.8, 4) is 130 Å². The van der Waals surface area contributed by atoms with E-state index in [1.54, 1.807) is 12.1 Å². The van der Waals surface area contributed by atoms with Crippen molar-refractivity contribution in [3.05, 3.63) is 380 Å². The third-order valence-corrected chi connectivity index (χ3v) is 20.5. The molecule has 0 spiro atoms. The molecule has 20 rings (SSSR count). The second kappa shape index (κ2) is 31.8. The van der Waals surface area contributed by atoms with Crippen LogP contribution < -0.4 is 4.65 Å². The lowest BCUT2D eigenvalue weighted by atomic mass is 9.94. The molecule has 20 aromatic rings. The van der Waals surface area contributed by atoms with Crippen LogP contribution in [0.2, 0.25) is 5.02 Å². The van der Waals surface area contributed by atoms with Crippen molar-refractivity contribution in [1.29, 1.82) is 0 Å². The Hall–Kier alpha value is -14.6. The monoisotopic (exact) mass is 1490 g/mol. The molecule has 14 aromatic carbocycles. The van der Waals surface area contributed by atoms with E-state index in [2.05, 4.69) is 170 Å². The van der Waals surface area contributed by atoms with E-state index >= 15 is 0 Å². The number of nitrogens with zero attached hydrogens (tertiary/aromatic N) is 10. The standard InChI is InChI=1S/C50H33N5.C27H19BN3O2.C23H15ClN2/c1-32-19-20-37-29-30-43-44(31-45(52-47(43)46(37)51-32)42-18-10-16-35-11-8-9-17-41(35)42)36-25-21-33(22-26-36)34-23-27-40(28-24-34)50-54-48(38-12-4-2-5-13-38)53-49(55-50)39-14-6-3-7-15-39;32-28-33-24-17-15-20(16-18-24)19-11-13-23(14-12-19)27-30-25(21-7-3-1-4-8-21)29-26(31-27)22-9-5-2-6-10-22;1-14-9-10-16-11-12-19-20(24)13-21(26-23(19)22(16)25-14)18-8-4-6-15-5-2-3-7-17(15)18/h2-31H,1H3;1-18,32H;2-13H,1H3. The minimum Gasteiger partial charge on any atom is -0.537 e. The van der Waals surface area contributed by atoms with Crippen LogP contribution in [-0.4, -0.2) is 62.5 Å². The SMILES string of the molecule is Cc1ccc2ccc3c(-c4ccc(-c5ccc(-c6nc(-c7ccccc7)nc(-c7ccccc7)n6)cc5)cc4)cc(-c4cccc5ccccc45)nc3c2n1.Cc1ccc2ccc3c(Cl)cc(-c4cccc5ccccc45)nc3c2n1.O[B]Oc1ccc(-c2ccc(-c3nc(-c4ccccc4)nc(-c4ccccc4)n3)cc2)cc1. The van der Waals surface area contributed by atoms with Crippen molar-refractivity contribution < 1.29 is 9.68 Å². The fourth-order valence-corrected chi connectivity index (χ4v) is 14.7. The summed E-state index contributed by atoms with van der Waals surface area (Å²) >= 11 is 6.64. The summed E-state index contributed by atoms with van der Waals surface area (Å²) in [6.45, 7) is 4.03. The Morgan fingerprint density at radius 2 is 0.553 bits per heavy atom. The molecule has 0 bridgehead atoms. The summed E-state index contributed by atoms with van der Waals surface area (Å²) in [6.07, 6.45) is 0. The maximum atomic E-state index is 8.77. The second-order valence-electron chi connectivity index (χ2n) is 27.6. The van der Waals surface area contributed by atoms with Crippen LogP contribution in [0.1, 0.15) is 11.4 Å². The molecule has 14 heteroatoms. The minimum absolute atomic E-state index is 0.574. The lowest BCUT2D eigenvalue weighted by Gasteiger charge is -2.14. The van der Waals surface area contributed by atoms with Crippen LogP contribution in [-0.2, 0) is 0 Å². The van der Waals surface area contributed by atoms with Crippen LogP contribution in [0.5, 0.6) is 5.75 Å². The molecule has 0 aliphatic rings. The van der Waals surface area contributed by atoms with Crippen LogP contribution in [0.25, 0.3) is 189 Å². The summed E-state index contributed by atoms with van der Waals surface area (Å²) < 4.78 is 4.98. The van der Waals surface area contributed by atoms with E-state index in [4.69, 9.17) is 71.1 Å². The van der Waals surface area contributed by atoms with Gasteiger partial charge in [0.25, 0.3) is 0 Å². The van der Waals surface area contributed by atoms with E-state index in [-0.39, 0.29) is 0 Å². The summed E-state index contributed by atoms with van der Waals surface area (Å²) in [7, 11) is 0.673. The van der Waals surface area contributed by atoms with Gasteiger partial charge >= 0.3 is 7.69 Å². The molecular weight excluding hydrogens is 1420 g/mol. The van der Waals surface area contributed by atoms with Crippen LogP contribution in [0.4, 0.5) is 0 Å². The minimum atomic E-state index is 0.574. The number of benzene rings is 14. The highest BCUT2D eigenvalue weighted by Crippen LogP contribution is 2.40. The largest absolute Gasteiger partial charge is 0.569 e. The highest BCUT2D eigenvalue weighted by Gasteiger charge is 2.20. The molecule has 0 aliphatic heterocycles. The van der Waals surface area contributed by atoms with Gasteiger partial charge in [-0.25, -0.2) is 39.9 Å². The predicted molar refractivity (Wildman–Crippen MR) is 465 cm³/mol. The summed E-state index contributed by atoms with van der Waals surface area (Å²) in [5, 5.41) is 18.3. The highest BCUT2D eigenvalue weighted by molar-refractivity contribution is 6.36. The Morgan fingerprint density at radius 3 is 0.956 bits per heavy atom. The number of rotatable bonds is 13. The van der Waals surface area contributed by atoms with E-state index in [1.807, 2.05) is 196 Å². The first kappa shape index (κ1) is 71.0. The number of fused-ring (bicyclic) bond motifs is 8. The van der Waals surface area contributed by atoms with Gasteiger partial charge < -0.3 is 9.68 Å². The smallest absolute Gasteiger partial charge is 0.537 e. The summed E-state index contributed by atoms with van der Waals surface area (Å²) in [4.78, 5) is 48.9. The summed E-state index contributed by atoms with van der Waals surface area (Å²) in [5.74, 6) is 4.41. The van der Waals surface area contributed by atoms with Crippen molar-refractivity contribution in [2.45, 2.75) is 13.8 Å². The number of aromatic nitrogens is 10. The number of hydrogen-bond acceptors (Lipinski definition) is 12. The van der Waals surface area contributed by atoms with Crippen molar-refractivity contribution in [3.63, 3.8) is 0 Å². The number of aryl methyl sites for hydroxylation is 2. The number of pyridine rings is 4. The normalized spacial score (nSPS) is 11.2. The van der Waals surface area contributed by atoms with E-state index in [9.17, 15) is 0 Å². The van der Waals surface area contributed by atoms with Gasteiger partial charge in [-0.3, -0.25) is 9.97 Å². The first-order valence-corrected chi connectivity index (χ1v) is 37.9. The lowest BCUT2D eigenvalue weighted by Crippen LogP contribution is -2.00. The van der Waals surface area contributed by atoms with Crippen LogP contribution in [0.15, 0.2) is 364 Å². The fraction of sp³-hybridized carbons (Fsp3) is 0.0200. The van der Waals surface area contributed by atoms with E-state index in [0.717, 1.165) is 144 Å². The maximum absolute atomic E-state index is 8.77. The number of hydrogen-bond donors (Lipinski definition) is 1. The van der Waals surface area contributed by atoms with Gasteiger partial charge in [0.15, 0.2) is 34.9 Å². The third-order valence-electron chi connectivity index (χ3n) is 20.2. The van der Waals surface area contributed by atoms with Crippen molar-refractivity contribution in [2.75, 3.05) is 0 Å². The van der Waals surface area contributed by atoms with Crippen LogP contribution >= 0.6 is 11.6 Å². The van der Waals surface area contributed by atoms with Crippen molar-refractivity contribution in [1.82, 2.24) is 49.8 Å². The van der Waals surface area contributed by atoms with E-state index in [0.29, 0.717) is 53.4 Å². The van der Waals surface area contributed by atoms with Crippen LogP contribution in [0, 0.1) is 13.8 Å². The Labute approximate surface area is 663 Å². The molecular formula is C100H67BClN10O2. The predicted octanol–water partition coefficient (Wildman–Crippen LogP) is 24.4. The average molecular weight is 1490 g/mol. The number of halogens is 1. The molecule has 0 fully saturated rings. The molecule has 1 radical (unpaired) electrons. The van der Waals surface area contributed by atoms with Gasteiger partial charge in [0.05, 0.1) is 38.5 Å². The molecule has 0 saturated heterocycles. The molecule has 6 heterocycles. The first-order valence-electron chi connectivity index (χ1n) is 37.5. The lowest BCUT2D eigenvalue weighted by molar-refractivity contribution is 0.454. The molecule has 6 aromatic heterocycles. The zero-order valence-corrected chi connectivity index (χ0v) is 62.7. The zero-order valence-electron chi connectivity index (χ0n) is 61.9. The molecule has 0 amide bonds. The van der Waals surface area contributed by atoms with Gasteiger partial charge in [-0.05, 0) is 105 Å². The van der Waals surface area contributed by atoms with Gasteiger partial charge in [0, 0.05) is 77.4 Å². The summed E-state index contributed by atoms with van der Waals surface area (Å²) in [6, 6.07) is 123. The fourth-order valence-electron chi connectivity index (χ4n) is 14.4. The van der Waals surface area contributed by atoms with E-state index < -0.39 is 0 Å². The van der Waals surface area contributed by atoms with Gasteiger partial charge in [-0.1, -0.05) is 339 Å². The molecule has 0 aliphatic carbocycles. The Bertz CT molecular complexity index is 6810. The van der Waals surface area contributed by atoms with Gasteiger partial charge in [-0.2, -0.15) is 0 Å². The molecule has 12 nitrogen and oxygen atoms in total. The highest BCUT2D eigenvalue weighted by atomic mass is 35.5. The van der Waals surface area contributed by atoms with E-state index in [1.165, 1.54) is 21.5 Å².